The van der Waals surface area contributed by atoms with E-state index in [1.54, 1.807) is 0 Å². The highest BCUT2D eigenvalue weighted by molar-refractivity contribution is 7.26. The lowest BCUT2D eigenvalue weighted by atomic mass is 9.77. The SMILES string of the molecule is CC1(C)c2cc3ccccc3cc2-c2c(c3sc4ccccc4c3c3ccccc23)N1c1nc(-c2ccccc2)c2ccccc2n1. The van der Waals surface area contributed by atoms with Crippen LogP contribution in [-0.2, 0) is 5.54 Å². The number of thiophene rings is 1. The van der Waals surface area contributed by atoms with E-state index < -0.39 is 5.54 Å². The molecule has 0 amide bonds. The molecule has 1 aliphatic heterocycles. The Labute approximate surface area is 276 Å². The maximum atomic E-state index is 5.48. The first-order valence-corrected chi connectivity index (χ1v) is 16.9. The quantitative estimate of drug-likeness (QED) is 0.193. The van der Waals surface area contributed by atoms with Gasteiger partial charge in [-0.1, -0.05) is 115 Å². The van der Waals surface area contributed by atoms with Crippen LogP contribution in [0.3, 0.4) is 0 Å². The molecule has 0 saturated carbocycles. The number of aromatic nitrogens is 2. The average molecular weight is 620 g/mol. The van der Waals surface area contributed by atoms with E-state index in [1.165, 1.54) is 64.1 Å². The Balaban J connectivity index is 1.42. The Morgan fingerprint density at radius 2 is 1.23 bits per heavy atom. The number of hydrogen-bond acceptors (Lipinski definition) is 4. The third kappa shape index (κ3) is 3.73. The second-order valence-electron chi connectivity index (χ2n) is 13.0. The van der Waals surface area contributed by atoms with Gasteiger partial charge in [-0.15, -0.1) is 11.3 Å². The number of para-hydroxylation sites is 1. The topological polar surface area (TPSA) is 29.0 Å². The van der Waals surface area contributed by atoms with E-state index >= 15 is 0 Å². The number of anilines is 2. The molecule has 222 valence electrons. The van der Waals surface area contributed by atoms with Crippen molar-refractivity contribution in [3.63, 3.8) is 0 Å². The number of rotatable bonds is 2. The molecule has 7 aromatic carbocycles. The lowest BCUT2D eigenvalue weighted by Gasteiger charge is -2.45. The normalized spacial score (nSPS) is 13.9. The van der Waals surface area contributed by atoms with Crippen LogP contribution in [0.4, 0.5) is 11.6 Å². The van der Waals surface area contributed by atoms with Crippen LogP contribution >= 0.6 is 11.3 Å². The standard InChI is InChI=1S/C43H29N3S/c1-43(2)34-25-28-17-7-6-16-27(28)24-33(34)37-29-18-8-9-19-30(29)38-32-21-11-13-23-36(32)47-41(38)40(37)46(43)42-44-35-22-12-10-20-31(35)39(45-42)26-14-4-3-5-15-26/h3-25H,1-2H3. The minimum absolute atomic E-state index is 0.478. The van der Waals surface area contributed by atoms with Gasteiger partial charge in [-0.3, -0.25) is 4.90 Å². The van der Waals surface area contributed by atoms with Gasteiger partial charge in [0.05, 0.1) is 27.1 Å². The molecule has 9 aromatic rings. The maximum Gasteiger partial charge on any atom is 0.231 e. The van der Waals surface area contributed by atoms with Crippen molar-refractivity contribution in [1.29, 1.82) is 0 Å². The largest absolute Gasteiger partial charge is 0.299 e. The lowest BCUT2D eigenvalue weighted by molar-refractivity contribution is 0.525. The van der Waals surface area contributed by atoms with Gasteiger partial charge in [0.25, 0.3) is 0 Å². The fourth-order valence-corrected chi connectivity index (χ4v) is 9.07. The molecule has 0 aliphatic carbocycles. The van der Waals surface area contributed by atoms with Crippen molar-refractivity contribution in [3.05, 3.63) is 145 Å². The van der Waals surface area contributed by atoms with E-state index in [4.69, 9.17) is 9.97 Å². The van der Waals surface area contributed by atoms with Crippen LogP contribution in [0.1, 0.15) is 19.4 Å². The van der Waals surface area contributed by atoms with Gasteiger partial charge >= 0.3 is 0 Å². The average Bonchev–Trinajstić information content (AvgIpc) is 3.51. The molecule has 0 unspecified atom stereocenters. The van der Waals surface area contributed by atoms with E-state index in [9.17, 15) is 0 Å². The van der Waals surface area contributed by atoms with Crippen LogP contribution < -0.4 is 4.90 Å². The van der Waals surface area contributed by atoms with Crippen LogP contribution in [0.15, 0.2) is 140 Å². The van der Waals surface area contributed by atoms with Gasteiger partial charge < -0.3 is 0 Å². The number of benzene rings is 7. The summed E-state index contributed by atoms with van der Waals surface area (Å²) < 4.78 is 2.55. The zero-order valence-electron chi connectivity index (χ0n) is 26.0. The minimum atomic E-state index is -0.478. The van der Waals surface area contributed by atoms with Crippen molar-refractivity contribution < 1.29 is 0 Å². The predicted molar refractivity (Wildman–Crippen MR) is 200 cm³/mol. The van der Waals surface area contributed by atoms with E-state index in [0.29, 0.717) is 5.95 Å². The van der Waals surface area contributed by atoms with Crippen molar-refractivity contribution in [2.24, 2.45) is 0 Å². The lowest BCUT2D eigenvalue weighted by Crippen LogP contribution is -2.42. The molecular weight excluding hydrogens is 591 g/mol. The molecule has 47 heavy (non-hydrogen) atoms. The van der Waals surface area contributed by atoms with Gasteiger partial charge in [0.15, 0.2) is 0 Å². The number of fused-ring (bicyclic) bond motifs is 12. The summed E-state index contributed by atoms with van der Waals surface area (Å²) in [6, 6.07) is 50.2. The third-order valence-corrected chi connectivity index (χ3v) is 11.1. The smallest absolute Gasteiger partial charge is 0.231 e. The minimum Gasteiger partial charge on any atom is -0.299 e. The van der Waals surface area contributed by atoms with Crippen LogP contribution in [0.25, 0.3) is 75.0 Å². The monoisotopic (exact) mass is 619 g/mol. The van der Waals surface area contributed by atoms with Crippen LogP contribution in [0.2, 0.25) is 0 Å². The van der Waals surface area contributed by atoms with Crippen molar-refractivity contribution in [3.8, 4) is 22.4 Å². The predicted octanol–water partition coefficient (Wildman–Crippen LogP) is 12.0. The summed E-state index contributed by atoms with van der Waals surface area (Å²) in [6.45, 7) is 4.66. The van der Waals surface area contributed by atoms with Gasteiger partial charge in [0.2, 0.25) is 5.95 Å². The van der Waals surface area contributed by atoms with E-state index in [2.05, 4.69) is 158 Å². The molecule has 0 bridgehead atoms. The highest BCUT2D eigenvalue weighted by Gasteiger charge is 2.42. The van der Waals surface area contributed by atoms with Crippen molar-refractivity contribution in [1.82, 2.24) is 9.97 Å². The highest BCUT2D eigenvalue weighted by Crippen LogP contribution is 2.58. The molecule has 0 N–H and O–H groups in total. The number of hydrogen-bond donors (Lipinski definition) is 0. The molecule has 0 spiro atoms. The first-order chi connectivity index (χ1) is 23.1. The Hall–Kier alpha value is -5.58. The Morgan fingerprint density at radius 1 is 0.596 bits per heavy atom. The molecule has 0 fully saturated rings. The summed E-state index contributed by atoms with van der Waals surface area (Å²) in [4.78, 5) is 13.3. The molecule has 3 heterocycles. The molecule has 0 saturated heterocycles. The summed E-state index contributed by atoms with van der Waals surface area (Å²) in [5.74, 6) is 0.710. The summed E-state index contributed by atoms with van der Waals surface area (Å²) in [7, 11) is 0. The van der Waals surface area contributed by atoms with Crippen LogP contribution in [-0.4, -0.2) is 9.97 Å². The number of nitrogens with zero attached hydrogens (tertiary/aromatic N) is 3. The fraction of sp³-hybridized carbons (Fsp3) is 0.0698. The Kier molecular flexibility index (Phi) is 5.50. The zero-order chi connectivity index (χ0) is 31.3. The molecule has 2 aromatic heterocycles. The molecule has 0 radical (unpaired) electrons. The molecular formula is C43H29N3S. The summed E-state index contributed by atoms with van der Waals surface area (Å²) in [6.07, 6.45) is 0. The van der Waals surface area contributed by atoms with Crippen LogP contribution in [0, 0.1) is 0 Å². The highest BCUT2D eigenvalue weighted by atomic mass is 32.1. The van der Waals surface area contributed by atoms with Gasteiger partial charge in [-0.2, -0.15) is 0 Å². The third-order valence-electron chi connectivity index (χ3n) is 9.95. The van der Waals surface area contributed by atoms with Gasteiger partial charge in [0.1, 0.15) is 0 Å². The van der Waals surface area contributed by atoms with E-state index in [-0.39, 0.29) is 0 Å². The molecule has 4 heteroatoms. The van der Waals surface area contributed by atoms with Crippen molar-refractivity contribution in [2.45, 2.75) is 19.4 Å². The molecule has 3 nitrogen and oxygen atoms in total. The molecule has 1 aliphatic rings. The van der Waals surface area contributed by atoms with Crippen molar-refractivity contribution in [2.75, 3.05) is 4.90 Å². The molecule has 0 atom stereocenters. The second kappa shape index (κ2) is 9.71. The van der Waals surface area contributed by atoms with Gasteiger partial charge in [0, 0.05) is 32.0 Å². The fourth-order valence-electron chi connectivity index (χ4n) is 7.81. The Bertz CT molecular complexity index is 2720. The first kappa shape index (κ1) is 26.6. The Morgan fingerprint density at radius 3 is 2.04 bits per heavy atom. The van der Waals surface area contributed by atoms with Crippen LogP contribution in [0.5, 0.6) is 0 Å². The summed E-state index contributed by atoms with van der Waals surface area (Å²) in [5, 5.41) is 8.65. The summed E-state index contributed by atoms with van der Waals surface area (Å²) >= 11 is 1.88. The van der Waals surface area contributed by atoms with Gasteiger partial charge in [-0.25, -0.2) is 9.97 Å². The van der Waals surface area contributed by atoms with Gasteiger partial charge in [-0.05, 0) is 70.8 Å². The van der Waals surface area contributed by atoms with E-state index in [0.717, 1.165) is 22.2 Å². The first-order valence-electron chi connectivity index (χ1n) is 16.1. The van der Waals surface area contributed by atoms with E-state index in [1.807, 2.05) is 11.3 Å². The van der Waals surface area contributed by atoms with Crippen molar-refractivity contribution >= 4 is 75.6 Å². The maximum absolute atomic E-state index is 5.48. The molecule has 10 rings (SSSR count). The second-order valence-corrected chi connectivity index (χ2v) is 14.0. The zero-order valence-corrected chi connectivity index (χ0v) is 26.8. The summed E-state index contributed by atoms with van der Waals surface area (Å²) in [5.41, 5.74) is 7.47.